The van der Waals surface area contributed by atoms with Crippen molar-refractivity contribution in [1.82, 2.24) is 9.97 Å². The lowest BCUT2D eigenvalue weighted by Crippen LogP contribution is -2.22. The first-order valence-electron chi connectivity index (χ1n) is 12.6. The van der Waals surface area contributed by atoms with Gasteiger partial charge in [0.1, 0.15) is 18.2 Å². The van der Waals surface area contributed by atoms with Crippen molar-refractivity contribution >= 4 is 40.2 Å². The van der Waals surface area contributed by atoms with E-state index in [0.717, 1.165) is 34.6 Å². The Bertz CT molecular complexity index is 1600. The van der Waals surface area contributed by atoms with E-state index < -0.39 is 17.6 Å². The smallest absolute Gasteiger partial charge is 0.355 e. The van der Waals surface area contributed by atoms with Crippen LogP contribution in [0.15, 0.2) is 65.9 Å². The average molecular weight is 564 g/mol. The summed E-state index contributed by atoms with van der Waals surface area (Å²) in [7, 11) is 1.98. The molecule has 0 amide bonds. The average Bonchev–Trinajstić information content (AvgIpc) is 3.07. The first-order chi connectivity index (χ1) is 19.4. The molecule has 1 unspecified atom stereocenters. The molecule has 0 bridgehead atoms. The molecule has 0 radical (unpaired) electrons. The largest absolute Gasteiger partial charge is 0.487 e. The maximum atomic E-state index is 13.7. The van der Waals surface area contributed by atoms with Crippen molar-refractivity contribution in [3.05, 3.63) is 94.8 Å². The normalized spacial score (nSPS) is 14.8. The topological polar surface area (TPSA) is 103 Å². The highest BCUT2D eigenvalue weighted by Gasteiger charge is 2.29. The van der Waals surface area contributed by atoms with Gasteiger partial charge in [-0.1, -0.05) is 18.2 Å². The van der Waals surface area contributed by atoms with E-state index in [4.69, 9.17) is 15.3 Å². The lowest BCUT2D eigenvalue weighted by atomic mass is 10.0. The van der Waals surface area contributed by atoms with Gasteiger partial charge in [0.05, 0.1) is 23.1 Å². The van der Waals surface area contributed by atoms with Crippen LogP contribution in [0.2, 0.25) is 0 Å². The molecule has 3 heterocycles. The highest BCUT2D eigenvalue weighted by Crippen LogP contribution is 2.44. The molecular weight excluding hydrogens is 536 g/mol. The monoisotopic (exact) mass is 563 g/mol. The van der Waals surface area contributed by atoms with Gasteiger partial charge in [0.25, 0.3) is 0 Å². The highest BCUT2D eigenvalue weighted by molar-refractivity contribution is 8.00. The molecule has 206 valence electrons. The minimum absolute atomic E-state index is 0.135. The summed E-state index contributed by atoms with van der Waals surface area (Å²) in [5.41, 5.74) is 4.13. The molecule has 1 atom stereocenters. The summed E-state index contributed by atoms with van der Waals surface area (Å²) in [4.78, 5) is 23.4. The van der Waals surface area contributed by atoms with Crippen LogP contribution in [0.25, 0.3) is 10.9 Å². The summed E-state index contributed by atoms with van der Waals surface area (Å²) < 4.78 is 38.5. The molecule has 5 rings (SSSR count). The van der Waals surface area contributed by atoms with Crippen molar-refractivity contribution in [1.29, 1.82) is 0 Å². The number of carbonyl (C=O) groups is 1. The van der Waals surface area contributed by atoms with Crippen LogP contribution in [0.5, 0.6) is 5.75 Å². The third kappa shape index (κ3) is 5.69. The third-order valence-electron chi connectivity index (χ3n) is 6.50. The predicted octanol–water partition coefficient (Wildman–Crippen LogP) is 5.14. The van der Waals surface area contributed by atoms with Gasteiger partial charge in [-0.05, 0) is 48.4 Å². The maximum absolute atomic E-state index is 13.7. The van der Waals surface area contributed by atoms with Crippen molar-refractivity contribution in [2.24, 2.45) is 10.9 Å². The van der Waals surface area contributed by atoms with Crippen LogP contribution in [0.1, 0.15) is 34.6 Å². The number of nitrogens with zero attached hydrogens (tertiary/aromatic N) is 4. The van der Waals surface area contributed by atoms with Gasteiger partial charge in [-0.25, -0.2) is 23.5 Å². The van der Waals surface area contributed by atoms with Crippen molar-refractivity contribution in [2.45, 2.75) is 25.3 Å². The van der Waals surface area contributed by atoms with Crippen molar-refractivity contribution in [2.75, 3.05) is 24.3 Å². The van der Waals surface area contributed by atoms with Crippen LogP contribution < -0.4 is 15.5 Å². The number of carbonyl (C=O) groups excluding carboxylic acids is 1. The summed E-state index contributed by atoms with van der Waals surface area (Å²) in [5.74, 6) is 4.81. The Balaban J connectivity index is 1.43. The fraction of sp³-hybridized carbons (Fsp3) is 0.241. The number of nitrogens with two attached hydrogens (primary N) is 1. The van der Waals surface area contributed by atoms with Crippen LogP contribution in [0.3, 0.4) is 0 Å². The van der Waals surface area contributed by atoms with E-state index in [2.05, 4.69) is 20.0 Å². The van der Waals surface area contributed by atoms with Crippen molar-refractivity contribution < 1.29 is 23.0 Å². The van der Waals surface area contributed by atoms with Crippen molar-refractivity contribution in [3.8, 4) is 5.75 Å². The van der Waals surface area contributed by atoms with Crippen LogP contribution >= 0.6 is 11.8 Å². The number of fused-ring (bicyclic) bond motifs is 3. The van der Waals surface area contributed by atoms with Crippen LogP contribution in [-0.2, 0) is 22.7 Å². The first kappa shape index (κ1) is 27.3. The zero-order valence-corrected chi connectivity index (χ0v) is 22.8. The molecule has 0 aliphatic carbocycles. The molecule has 11 heteroatoms. The number of anilines is 1. The van der Waals surface area contributed by atoms with E-state index in [1.807, 2.05) is 37.4 Å². The third-order valence-corrected chi connectivity index (χ3v) is 7.78. The number of hydrogen-bond acceptors (Lipinski definition) is 9. The molecule has 0 fully saturated rings. The number of thioether (sulfide) groups is 1. The quantitative estimate of drug-likeness (QED) is 0.136. The van der Waals surface area contributed by atoms with Gasteiger partial charge in [0, 0.05) is 42.6 Å². The van der Waals surface area contributed by atoms with Crippen LogP contribution in [0.4, 0.5) is 14.6 Å². The SMILES string of the molecule is CCOC(=O)/C(CSC1c2cc(OCc3ccc4cc(F)c(F)cc4n3)ccc2CN(C)c2ncccc21)=N/N. The predicted molar refractivity (Wildman–Crippen MR) is 151 cm³/mol. The number of hydrazone groups is 1. The molecule has 2 N–H and O–H groups in total. The summed E-state index contributed by atoms with van der Waals surface area (Å²) in [6.45, 7) is 2.72. The van der Waals surface area contributed by atoms with E-state index >= 15 is 0 Å². The zero-order chi connectivity index (χ0) is 28.2. The second kappa shape index (κ2) is 11.9. The number of halogens is 2. The Kier molecular flexibility index (Phi) is 8.11. The number of esters is 1. The van der Waals surface area contributed by atoms with Gasteiger partial charge in [-0.15, -0.1) is 11.8 Å². The molecular formula is C29H27F2N5O3S. The lowest BCUT2D eigenvalue weighted by Gasteiger charge is -2.21. The fourth-order valence-electron chi connectivity index (χ4n) is 4.58. The number of hydrogen-bond donors (Lipinski definition) is 1. The molecule has 0 spiro atoms. The second-order valence-electron chi connectivity index (χ2n) is 9.17. The highest BCUT2D eigenvalue weighted by atomic mass is 32.2. The number of ether oxygens (including phenoxy) is 2. The van der Waals surface area contributed by atoms with E-state index in [0.29, 0.717) is 28.9 Å². The molecule has 2 aromatic carbocycles. The van der Waals surface area contributed by atoms with E-state index in [-0.39, 0.29) is 29.9 Å². The van der Waals surface area contributed by atoms with E-state index in [1.165, 1.54) is 11.8 Å². The Morgan fingerprint density at radius 1 is 1.15 bits per heavy atom. The molecule has 1 aliphatic rings. The second-order valence-corrected chi connectivity index (χ2v) is 10.3. The van der Waals surface area contributed by atoms with Crippen LogP contribution in [0, 0.1) is 11.6 Å². The lowest BCUT2D eigenvalue weighted by molar-refractivity contribution is -0.135. The fourth-order valence-corrected chi connectivity index (χ4v) is 5.86. The van der Waals surface area contributed by atoms with Gasteiger partial charge < -0.3 is 20.2 Å². The van der Waals surface area contributed by atoms with Gasteiger partial charge in [-0.2, -0.15) is 5.10 Å². The summed E-state index contributed by atoms with van der Waals surface area (Å²) in [5, 5.41) is 3.98. The number of benzene rings is 2. The molecule has 0 saturated heterocycles. The first-order valence-corrected chi connectivity index (χ1v) is 13.6. The van der Waals surface area contributed by atoms with Crippen molar-refractivity contribution in [3.63, 3.8) is 0 Å². The number of rotatable bonds is 8. The standard InChI is InChI=1S/C29H27F2N5O3S/c1-3-38-29(37)26(35-32)16-40-27-21-5-4-10-33-28(21)36(2)14-18-7-9-20(12-22(18)27)39-15-19-8-6-17-11-23(30)24(31)13-25(17)34-19/h4-13,27H,3,14-16,32H2,1-2H3/b35-26+. The van der Waals surface area contributed by atoms with Gasteiger partial charge in [-0.3, -0.25) is 0 Å². The molecule has 0 saturated carbocycles. The zero-order valence-electron chi connectivity index (χ0n) is 21.9. The number of aromatic nitrogens is 2. The Labute approximate surface area is 234 Å². The molecule has 8 nitrogen and oxygen atoms in total. The molecule has 40 heavy (non-hydrogen) atoms. The minimum Gasteiger partial charge on any atom is -0.487 e. The Morgan fingerprint density at radius 2 is 1.98 bits per heavy atom. The summed E-state index contributed by atoms with van der Waals surface area (Å²) >= 11 is 1.50. The summed E-state index contributed by atoms with van der Waals surface area (Å²) in [6, 6.07) is 15.4. The van der Waals surface area contributed by atoms with E-state index in [9.17, 15) is 13.6 Å². The number of pyridine rings is 2. The Hall–Kier alpha value is -4.25. The molecule has 1 aliphatic heterocycles. The maximum Gasteiger partial charge on any atom is 0.355 e. The Morgan fingerprint density at radius 3 is 2.77 bits per heavy atom. The summed E-state index contributed by atoms with van der Waals surface area (Å²) in [6.07, 6.45) is 1.75. The van der Waals surface area contributed by atoms with Gasteiger partial charge >= 0.3 is 5.97 Å². The minimum atomic E-state index is -0.946. The van der Waals surface area contributed by atoms with Gasteiger partial charge in [0.2, 0.25) is 0 Å². The van der Waals surface area contributed by atoms with Gasteiger partial charge in [0.15, 0.2) is 17.3 Å². The van der Waals surface area contributed by atoms with E-state index in [1.54, 1.807) is 25.3 Å². The molecule has 4 aromatic rings. The molecule has 2 aromatic heterocycles. The van der Waals surface area contributed by atoms with Crippen LogP contribution in [-0.4, -0.2) is 41.1 Å².